The monoisotopic (exact) mass is 331 g/mol. The number of aliphatic hydroxyl groups is 1. The Hall–Kier alpha value is -0.690. The highest BCUT2D eigenvalue weighted by Crippen LogP contribution is 2.14. The summed E-state index contributed by atoms with van der Waals surface area (Å²) in [5.74, 6) is 0.508. The molecule has 0 saturated carbocycles. The molecule has 21 heavy (non-hydrogen) atoms. The van der Waals surface area contributed by atoms with Crippen molar-refractivity contribution in [3.05, 3.63) is 16.1 Å². The van der Waals surface area contributed by atoms with Crippen LogP contribution < -0.4 is 0 Å². The third-order valence-corrected chi connectivity index (χ3v) is 4.55. The molecule has 2 rings (SSSR count). The van der Waals surface area contributed by atoms with Crippen molar-refractivity contribution in [2.45, 2.75) is 31.7 Å². The van der Waals surface area contributed by atoms with E-state index in [0.717, 1.165) is 23.8 Å². The molecule has 0 radical (unpaired) electrons. The summed E-state index contributed by atoms with van der Waals surface area (Å²) in [5, 5.41) is 12.6. The number of β-amino-alcohol motifs (C(OH)–C–C–N with tert-alkyl or cyclic N) is 1. The predicted octanol–water partition coefficient (Wildman–Crippen LogP) is 1.34. The quantitative estimate of drug-likeness (QED) is 0.827. The number of thiazole rings is 1. The Kier molecular flexibility index (Phi) is 5.60. The van der Waals surface area contributed by atoms with E-state index >= 15 is 0 Å². The molecule has 118 valence electrons. The van der Waals surface area contributed by atoms with Crippen LogP contribution in [0.2, 0.25) is 0 Å². The minimum Gasteiger partial charge on any atom is -0.389 e. The number of carbonyl (C=O) groups excluding carboxylic acids is 1. The molecule has 1 aliphatic rings. The molecule has 2 heterocycles. The fourth-order valence-corrected chi connectivity index (χ4v) is 3.45. The molecule has 0 unspecified atom stereocenters. The van der Waals surface area contributed by atoms with Crippen LogP contribution >= 0.6 is 22.9 Å². The molecule has 1 aromatic heterocycles. The average molecular weight is 332 g/mol. The molecule has 1 N–H and O–H groups in total. The van der Waals surface area contributed by atoms with Gasteiger partial charge in [0.25, 0.3) is 0 Å². The summed E-state index contributed by atoms with van der Waals surface area (Å²) in [6, 6.07) is 0. The molecule has 5 nitrogen and oxygen atoms in total. The standard InChI is InChI=1S/C14H22ClN3O2S/c1-14(2,20)10-17-3-5-18(6-4-17)13(19)7-12-16-11(8-15)9-21-12/h9,20H,3-8,10H2,1-2H3. The Labute approximate surface area is 134 Å². The number of piperazine rings is 1. The van der Waals surface area contributed by atoms with Gasteiger partial charge in [0.05, 0.1) is 23.6 Å². The Bertz CT molecular complexity index is 479. The maximum absolute atomic E-state index is 12.2. The van der Waals surface area contributed by atoms with Crippen molar-refractivity contribution in [2.24, 2.45) is 0 Å². The molecule has 1 fully saturated rings. The highest BCUT2D eigenvalue weighted by atomic mass is 35.5. The second-order valence-electron chi connectivity index (χ2n) is 6.01. The van der Waals surface area contributed by atoms with Crippen molar-refractivity contribution in [2.75, 3.05) is 32.7 Å². The molecule has 0 spiro atoms. The molecular formula is C14H22ClN3O2S. The molecule has 1 aromatic rings. The Balaban J connectivity index is 1.80. The van der Waals surface area contributed by atoms with Gasteiger partial charge in [0.15, 0.2) is 0 Å². The maximum Gasteiger partial charge on any atom is 0.229 e. The summed E-state index contributed by atoms with van der Waals surface area (Å²) in [6.45, 7) is 7.29. The van der Waals surface area contributed by atoms with Crippen molar-refractivity contribution < 1.29 is 9.90 Å². The molecule has 1 aliphatic heterocycles. The zero-order valence-corrected chi connectivity index (χ0v) is 14.1. The smallest absolute Gasteiger partial charge is 0.229 e. The highest BCUT2D eigenvalue weighted by molar-refractivity contribution is 7.09. The zero-order valence-electron chi connectivity index (χ0n) is 12.5. The molecular weight excluding hydrogens is 310 g/mol. The van der Waals surface area contributed by atoms with Crippen LogP contribution in [0.25, 0.3) is 0 Å². The van der Waals surface area contributed by atoms with Gasteiger partial charge in [-0.25, -0.2) is 4.98 Å². The molecule has 1 saturated heterocycles. The van der Waals surface area contributed by atoms with E-state index in [1.807, 2.05) is 10.3 Å². The van der Waals surface area contributed by atoms with E-state index in [9.17, 15) is 9.90 Å². The van der Waals surface area contributed by atoms with Gasteiger partial charge in [0, 0.05) is 38.1 Å². The first-order chi connectivity index (χ1) is 9.87. The number of amides is 1. The van der Waals surface area contributed by atoms with E-state index < -0.39 is 5.60 Å². The van der Waals surface area contributed by atoms with Gasteiger partial charge in [-0.1, -0.05) is 0 Å². The van der Waals surface area contributed by atoms with Crippen molar-refractivity contribution >= 4 is 28.8 Å². The van der Waals surface area contributed by atoms with Gasteiger partial charge in [-0.15, -0.1) is 22.9 Å². The first-order valence-electron chi connectivity index (χ1n) is 7.09. The first kappa shape index (κ1) is 16.7. The van der Waals surface area contributed by atoms with Crippen LogP contribution in [0.5, 0.6) is 0 Å². The summed E-state index contributed by atoms with van der Waals surface area (Å²) in [6.07, 6.45) is 0.354. The number of rotatable bonds is 5. The van der Waals surface area contributed by atoms with Gasteiger partial charge in [0.2, 0.25) is 5.91 Å². The van der Waals surface area contributed by atoms with Gasteiger partial charge < -0.3 is 10.0 Å². The zero-order chi connectivity index (χ0) is 15.5. The summed E-state index contributed by atoms with van der Waals surface area (Å²) < 4.78 is 0. The normalized spacial score (nSPS) is 17.2. The largest absolute Gasteiger partial charge is 0.389 e. The van der Waals surface area contributed by atoms with Crippen LogP contribution in [0.15, 0.2) is 5.38 Å². The number of alkyl halides is 1. The SMILES string of the molecule is CC(C)(O)CN1CCN(C(=O)Cc2nc(CCl)cs2)CC1. The average Bonchev–Trinajstić information content (AvgIpc) is 2.85. The third-order valence-electron chi connectivity index (χ3n) is 3.37. The number of aromatic nitrogens is 1. The second kappa shape index (κ2) is 7.05. The summed E-state index contributed by atoms with van der Waals surface area (Å²) in [5.41, 5.74) is 0.143. The van der Waals surface area contributed by atoms with Crippen molar-refractivity contribution in [1.82, 2.24) is 14.8 Å². The minimum absolute atomic E-state index is 0.119. The lowest BCUT2D eigenvalue weighted by Gasteiger charge is -2.37. The lowest BCUT2D eigenvalue weighted by molar-refractivity contribution is -0.132. The van der Waals surface area contributed by atoms with Crippen molar-refractivity contribution in [3.8, 4) is 0 Å². The van der Waals surface area contributed by atoms with E-state index in [-0.39, 0.29) is 5.91 Å². The number of nitrogens with zero attached hydrogens (tertiary/aromatic N) is 3. The van der Waals surface area contributed by atoms with Crippen LogP contribution in [0.4, 0.5) is 0 Å². The number of halogens is 1. The van der Waals surface area contributed by atoms with Crippen LogP contribution in [0, 0.1) is 0 Å². The Morgan fingerprint density at radius 3 is 2.62 bits per heavy atom. The number of carbonyl (C=O) groups is 1. The lowest BCUT2D eigenvalue weighted by Crippen LogP contribution is -2.52. The summed E-state index contributed by atoms with van der Waals surface area (Å²) >= 11 is 7.21. The van der Waals surface area contributed by atoms with Crippen LogP contribution in [0.3, 0.4) is 0 Å². The third kappa shape index (κ3) is 5.21. The second-order valence-corrected chi connectivity index (χ2v) is 7.22. The van der Waals surface area contributed by atoms with E-state index in [2.05, 4.69) is 9.88 Å². The number of hydrogen-bond acceptors (Lipinski definition) is 5. The fraction of sp³-hybridized carbons (Fsp3) is 0.714. The highest BCUT2D eigenvalue weighted by Gasteiger charge is 2.25. The summed E-state index contributed by atoms with van der Waals surface area (Å²) in [7, 11) is 0. The predicted molar refractivity (Wildman–Crippen MR) is 84.7 cm³/mol. The van der Waals surface area contributed by atoms with E-state index in [0.29, 0.717) is 31.9 Å². The van der Waals surface area contributed by atoms with Crippen molar-refractivity contribution in [1.29, 1.82) is 0 Å². The summed E-state index contributed by atoms with van der Waals surface area (Å²) in [4.78, 5) is 20.6. The van der Waals surface area contributed by atoms with Crippen LogP contribution in [0.1, 0.15) is 24.5 Å². The van der Waals surface area contributed by atoms with Gasteiger partial charge >= 0.3 is 0 Å². The van der Waals surface area contributed by atoms with Crippen LogP contribution in [-0.4, -0.2) is 64.1 Å². The van der Waals surface area contributed by atoms with E-state index in [1.165, 1.54) is 11.3 Å². The topological polar surface area (TPSA) is 56.7 Å². The molecule has 7 heteroatoms. The maximum atomic E-state index is 12.2. The molecule has 1 amide bonds. The fourth-order valence-electron chi connectivity index (χ4n) is 2.44. The van der Waals surface area contributed by atoms with E-state index in [4.69, 9.17) is 11.6 Å². The van der Waals surface area contributed by atoms with Gasteiger partial charge in [-0.2, -0.15) is 0 Å². The molecule has 0 aromatic carbocycles. The number of hydrogen-bond donors (Lipinski definition) is 1. The molecule has 0 atom stereocenters. The lowest BCUT2D eigenvalue weighted by atomic mass is 10.1. The van der Waals surface area contributed by atoms with Gasteiger partial charge in [-0.05, 0) is 13.8 Å². The molecule has 0 aliphatic carbocycles. The van der Waals surface area contributed by atoms with Crippen LogP contribution in [-0.2, 0) is 17.1 Å². The molecule has 0 bridgehead atoms. The van der Waals surface area contributed by atoms with Gasteiger partial charge in [0.1, 0.15) is 5.01 Å². The van der Waals surface area contributed by atoms with E-state index in [1.54, 1.807) is 13.8 Å². The minimum atomic E-state index is -0.689. The Morgan fingerprint density at radius 1 is 1.43 bits per heavy atom. The van der Waals surface area contributed by atoms with Crippen molar-refractivity contribution in [3.63, 3.8) is 0 Å². The first-order valence-corrected chi connectivity index (χ1v) is 8.50. The van der Waals surface area contributed by atoms with Gasteiger partial charge in [-0.3, -0.25) is 9.69 Å². The Morgan fingerprint density at radius 2 is 2.10 bits per heavy atom.